The highest BCUT2D eigenvalue weighted by molar-refractivity contribution is 5.80. The van der Waals surface area contributed by atoms with Crippen LogP contribution in [0.4, 0.5) is 0 Å². The quantitative estimate of drug-likeness (QED) is 0.623. The van der Waals surface area contributed by atoms with Crippen molar-refractivity contribution in [3.05, 3.63) is 48.0 Å². The van der Waals surface area contributed by atoms with E-state index in [1.807, 2.05) is 30.3 Å². The second-order valence-electron chi connectivity index (χ2n) is 8.04. The van der Waals surface area contributed by atoms with E-state index in [0.717, 1.165) is 31.6 Å². The van der Waals surface area contributed by atoms with Crippen molar-refractivity contribution in [2.75, 3.05) is 13.2 Å². The molecule has 4 unspecified atom stereocenters. The number of carbonyl (C=O) groups is 1. The predicted octanol–water partition coefficient (Wildman–Crippen LogP) is 3.72. The van der Waals surface area contributed by atoms with Crippen molar-refractivity contribution in [3.63, 3.8) is 0 Å². The Labute approximate surface area is 157 Å². The molecule has 4 atom stereocenters. The molecule has 26 heavy (non-hydrogen) atoms. The van der Waals surface area contributed by atoms with Gasteiger partial charge in [0, 0.05) is 18.7 Å². The van der Waals surface area contributed by atoms with Crippen LogP contribution in [0, 0.1) is 17.3 Å². The molecule has 4 heteroatoms. The lowest BCUT2D eigenvalue weighted by molar-refractivity contribution is -0.157. The molecule has 142 valence electrons. The molecule has 0 aromatic heterocycles. The van der Waals surface area contributed by atoms with Crippen LogP contribution in [0.3, 0.4) is 0 Å². The van der Waals surface area contributed by atoms with Crippen LogP contribution in [0.1, 0.15) is 39.2 Å². The first-order chi connectivity index (χ1) is 12.5. The zero-order valence-corrected chi connectivity index (χ0v) is 16.1. The first-order valence-corrected chi connectivity index (χ1v) is 9.75. The lowest BCUT2D eigenvalue weighted by Crippen LogP contribution is -2.47. The highest BCUT2D eigenvalue weighted by Gasteiger charge is 2.46. The van der Waals surface area contributed by atoms with Gasteiger partial charge in [0.15, 0.2) is 0 Å². The Morgan fingerprint density at radius 1 is 1.35 bits per heavy atom. The molecule has 0 bridgehead atoms. The molecular weight excluding hydrogens is 326 g/mol. The molecular formula is C22H31NO3. The fourth-order valence-corrected chi connectivity index (χ4v) is 3.98. The van der Waals surface area contributed by atoms with E-state index in [0.29, 0.717) is 18.6 Å². The molecule has 1 aliphatic heterocycles. The molecule has 3 rings (SSSR count). The summed E-state index contributed by atoms with van der Waals surface area (Å²) in [5.74, 6) is 0.578. The third kappa shape index (κ3) is 4.18. The van der Waals surface area contributed by atoms with Gasteiger partial charge in [0.25, 0.3) is 0 Å². The number of hydrogen-bond donors (Lipinski definition) is 1. The van der Waals surface area contributed by atoms with Crippen LogP contribution >= 0.6 is 0 Å². The maximum atomic E-state index is 13.0. The van der Waals surface area contributed by atoms with Gasteiger partial charge in [0.05, 0.1) is 12.0 Å². The van der Waals surface area contributed by atoms with Crippen LogP contribution in [0.25, 0.3) is 0 Å². The van der Waals surface area contributed by atoms with Crippen LogP contribution in [-0.4, -0.2) is 31.3 Å². The van der Waals surface area contributed by atoms with Crippen LogP contribution < -0.4 is 5.32 Å². The highest BCUT2D eigenvalue weighted by Crippen LogP contribution is 2.41. The molecule has 1 aliphatic carbocycles. The van der Waals surface area contributed by atoms with Crippen molar-refractivity contribution < 1.29 is 14.3 Å². The van der Waals surface area contributed by atoms with Crippen molar-refractivity contribution in [2.24, 2.45) is 17.3 Å². The van der Waals surface area contributed by atoms with Crippen molar-refractivity contribution in [3.8, 4) is 0 Å². The van der Waals surface area contributed by atoms with Gasteiger partial charge in [-0.15, -0.1) is 0 Å². The van der Waals surface area contributed by atoms with Crippen LogP contribution in [0.15, 0.2) is 42.5 Å². The van der Waals surface area contributed by atoms with Gasteiger partial charge in [0.2, 0.25) is 0 Å². The molecule has 1 saturated heterocycles. The van der Waals surface area contributed by atoms with Crippen molar-refractivity contribution >= 4 is 5.97 Å². The number of esters is 1. The van der Waals surface area contributed by atoms with Crippen molar-refractivity contribution in [1.29, 1.82) is 0 Å². The number of nitrogens with one attached hydrogen (secondary N) is 1. The molecule has 0 radical (unpaired) electrons. The Morgan fingerprint density at radius 3 is 2.81 bits per heavy atom. The first kappa shape index (κ1) is 19.1. The summed E-state index contributed by atoms with van der Waals surface area (Å²) in [5, 5.41) is 3.73. The minimum atomic E-state index is -0.541. The minimum Gasteiger partial charge on any atom is -0.460 e. The zero-order valence-electron chi connectivity index (χ0n) is 16.1. The fourth-order valence-electron chi connectivity index (χ4n) is 3.98. The second-order valence-corrected chi connectivity index (χ2v) is 8.04. The van der Waals surface area contributed by atoms with Crippen molar-refractivity contribution in [2.45, 2.75) is 52.3 Å². The van der Waals surface area contributed by atoms with Gasteiger partial charge in [-0.2, -0.15) is 0 Å². The number of benzene rings is 1. The average molecular weight is 357 g/mol. The van der Waals surface area contributed by atoms with Crippen LogP contribution in [0.2, 0.25) is 0 Å². The van der Waals surface area contributed by atoms with Crippen molar-refractivity contribution in [1.82, 2.24) is 5.32 Å². The van der Waals surface area contributed by atoms with Gasteiger partial charge >= 0.3 is 5.97 Å². The van der Waals surface area contributed by atoms with E-state index in [1.54, 1.807) is 0 Å². The highest BCUT2D eigenvalue weighted by atomic mass is 16.5. The molecule has 1 heterocycles. The van der Waals surface area contributed by atoms with E-state index in [4.69, 9.17) is 9.47 Å². The topological polar surface area (TPSA) is 47.6 Å². The summed E-state index contributed by atoms with van der Waals surface area (Å²) >= 11 is 0. The Kier molecular flexibility index (Phi) is 6.15. The van der Waals surface area contributed by atoms with Crippen LogP contribution in [0.5, 0.6) is 0 Å². The molecule has 0 spiro atoms. The number of ether oxygens (including phenoxy) is 2. The zero-order chi connectivity index (χ0) is 18.6. The fraction of sp³-hybridized carbons (Fsp3) is 0.591. The predicted molar refractivity (Wildman–Crippen MR) is 103 cm³/mol. The minimum absolute atomic E-state index is 0.114. The van der Waals surface area contributed by atoms with E-state index in [-0.39, 0.29) is 17.9 Å². The standard InChI is InChI=1S/C22H31NO3/c1-16(2)22(21(24)26-15-18-7-5-4-6-8-18)11-9-19(13-22)23-20-10-12-25-14-17(20)3/h4-9,11,16-17,19-20,23H,10,12-15H2,1-3H3. The molecule has 0 amide bonds. The monoisotopic (exact) mass is 357 g/mol. The Bertz CT molecular complexity index is 628. The van der Waals surface area contributed by atoms with Gasteiger partial charge in [-0.05, 0) is 30.2 Å². The summed E-state index contributed by atoms with van der Waals surface area (Å²) in [6.45, 7) is 8.38. The van der Waals surface area contributed by atoms with Gasteiger partial charge < -0.3 is 14.8 Å². The molecule has 1 fully saturated rings. The van der Waals surface area contributed by atoms with E-state index < -0.39 is 5.41 Å². The summed E-state index contributed by atoms with van der Waals surface area (Å²) in [6.07, 6.45) is 6.03. The van der Waals surface area contributed by atoms with E-state index in [9.17, 15) is 4.79 Å². The normalized spacial score (nSPS) is 31.3. The summed E-state index contributed by atoms with van der Waals surface area (Å²) in [4.78, 5) is 13.0. The maximum absolute atomic E-state index is 13.0. The lowest BCUT2D eigenvalue weighted by Gasteiger charge is -2.34. The third-order valence-electron chi connectivity index (χ3n) is 5.88. The smallest absolute Gasteiger partial charge is 0.316 e. The molecule has 0 saturated carbocycles. The third-order valence-corrected chi connectivity index (χ3v) is 5.88. The largest absolute Gasteiger partial charge is 0.460 e. The maximum Gasteiger partial charge on any atom is 0.316 e. The molecule has 2 aliphatic rings. The first-order valence-electron chi connectivity index (χ1n) is 9.75. The summed E-state index contributed by atoms with van der Waals surface area (Å²) < 4.78 is 11.2. The lowest BCUT2D eigenvalue weighted by atomic mass is 9.76. The second kappa shape index (κ2) is 8.36. The molecule has 1 aromatic rings. The summed E-state index contributed by atoms with van der Waals surface area (Å²) in [6, 6.07) is 10.5. The average Bonchev–Trinajstić information content (AvgIpc) is 3.08. The van der Waals surface area contributed by atoms with Gasteiger partial charge in [-0.3, -0.25) is 4.79 Å². The number of hydrogen-bond acceptors (Lipinski definition) is 4. The molecule has 4 nitrogen and oxygen atoms in total. The number of rotatable bonds is 6. The summed E-state index contributed by atoms with van der Waals surface area (Å²) in [7, 11) is 0. The Balaban J connectivity index is 1.61. The SMILES string of the molecule is CC1COCCC1NC1C=CC(C(=O)OCc2ccccc2)(C(C)C)C1. The van der Waals surface area contributed by atoms with Gasteiger partial charge in [-0.25, -0.2) is 0 Å². The van der Waals surface area contributed by atoms with E-state index in [2.05, 4.69) is 38.2 Å². The Hall–Kier alpha value is -1.65. The molecule has 1 N–H and O–H groups in total. The Morgan fingerprint density at radius 2 is 2.12 bits per heavy atom. The van der Waals surface area contributed by atoms with Crippen LogP contribution in [-0.2, 0) is 20.9 Å². The summed E-state index contributed by atoms with van der Waals surface area (Å²) in [5.41, 5.74) is 0.480. The molecule has 1 aromatic carbocycles. The van der Waals surface area contributed by atoms with Gasteiger partial charge in [-0.1, -0.05) is 63.3 Å². The van der Waals surface area contributed by atoms with E-state index in [1.165, 1.54) is 0 Å². The van der Waals surface area contributed by atoms with E-state index >= 15 is 0 Å². The number of carbonyl (C=O) groups excluding carboxylic acids is 1. The van der Waals surface area contributed by atoms with Gasteiger partial charge in [0.1, 0.15) is 6.61 Å².